The fourth-order valence-electron chi connectivity index (χ4n) is 2.19. The molecular weight excluding hydrogens is 422 g/mol. The highest BCUT2D eigenvalue weighted by molar-refractivity contribution is 7.93. The summed E-state index contributed by atoms with van der Waals surface area (Å²) in [6.45, 7) is 0. The van der Waals surface area contributed by atoms with Gasteiger partial charge in [0.1, 0.15) is 5.69 Å². The van der Waals surface area contributed by atoms with Gasteiger partial charge in [-0.2, -0.15) is 0 Å². The van der Waals surface area contributed by atoms with Gasteiger partial charge in [0, 0.05) is 23.3 Å². The number of benzene rings is 2. The molecule has 9 nitrogen and oxygen atoms in total. The molecule has 0 atom stereocenters. The lowest BCUT2D eigenvalue weighted by Gasteiger charge is -2.11. The van der Waals surface area contributed by atoms with Gasteiger partial charge in [-0.3, -0.25) is 14.8 Å². The number of rotatable bonds is 6. The van der Waals surface area contributed by atoms with E-state index in [0.29, 0.717) is 5.69 Å². The van der Waals surface area contributed by atoms with Crippen molar-refractivity contribution in [3.8, 4) is 0 Å². The van der Waals surface area contributed by atoms with Crippen molar-refractivity contribution in [2.45, 2.75) is 4.90 Å². The smallest absolute Gasteiger partial charge is 0.292 e. The van der Waals surface area contributed by atoms with E-state index < -0.39 is 14.9 Å². The number of thiazole rings is 1. The zero-order chi connectivity index (χ0) is 20.1. The van der Waals surface area contributed by atoms with Gasteiger partial charge in [0.25, 0.3) is 15.7 Å². The number of hydrogen-bond acceptors (Lipinski definition) is 7. The summed E-state index contributed by atoms with van der Waals surface area (Å²) in [6.07, 6.45) is 1.50. The van der Waals surface area contributed by atoms with Gasteiger partial charge < -0.3 is 10.6 Å². The van der Waals surface area contributed by atoms with E-state index in [4.69, 9.17) is 12.2 Å². The predicted molar refractivity (Wildman–Crippen MR) is 112 cm³/mol. The Balaban J connectivity index is 1.67. The summed E-state index contributed by atoms with van der Waals surface area (Å²) in [4.78, 5) is 14.5. The van der Waals surface area contributed by atoms with Crippen LogP contribution in [0, 0.1) is 10.1 Å². The highest BCUT2D eigenvalue weighted by atomic mass is 32.2. The second-order valence-corrected chi connectivity index (χ2v) is 8.31. The van der Waals surface area contributed by atoms with Crippen LogP contribution in [0.15, 0.2) is 65.0 Å². The maximum absolute atomic E-state index is 12.3. The second kappa shape index (κ2) is 8.29. The zero-order valence-electron chi connectivity index (χ0n) is 14.0. The minimum absolute atomic E-state index is 0.0609. The highest BCUT2D eigenvalue weighted by Gasteiger charge is 2.16. The molecule has 12 heteroatoms. The Hall–Kier alpha value is -3.09. The molecule has 1 aromatic heterocycles. The van der Waals surface area contributed by atoms with Crippen LogP contribution >= 0.6 is 23.6 Å². The summed E-state index contributed by atoms with van der Waals surface area (Å²) in [5.74, 6) is 0. The number of aromatic nitrogens is 1. The lowest BCUT2D eigenvalue weighted by Crippen LogP contribution is -2.20. The van der Waals surface area contributed by atoms with Crippen LogP contribution in [0.5, 0.6) is 0 Å². The fraction of sp³-hybridized carbons (Fsp3) is 0. The molecule has 0 radical (unpaired) electrons. The Bertz CT molecular complexity index is 1100. The van der Waals surface area contributed by atoms with Gasteiger partial charge in [-0.1, -0.05) is 12.1 Å². The van der Waals surface area contributed by atoms with Crippen molar-refractivity contribution >= 4 is 60.9 Å². The molecule has 1 heterocycles. The molecule has 3 N–H and O–H groups in total. The van der Waals surface area contributed by atoms with Crippen molar-refractivity contribution in [1.29, 1.82) is 0 Å². The van der Waals surface area contributed by atoms with Gasteiger partial charge in [0.15, 0.2) is 10.2 Å². The molecule has 3 rings (SSSR count). The summed E-state index contributed by atoms with van der Waals surface area (Å²) >= 11 is 6.34. The number of nitrogens with zero attached hydrogens (tertiary/aromatic N) is 2. The normalized spacial score (nSPS) is 10.9. The van der Waals surface area contributed by atoms with E-state index in [0.717, 1.165) is 0 Å². The monoisotopic (exact) mass is 435 g/mol. The van der Waals surface area contributed by atoms with Crippen molar-refractivity contribution in [2.24, 2.45) is 0 Å². The Morgan fingerprint density at radius 3 is 2.46 bits per heavy atom. The lowest BCUT2D eigenvalue weighted by molar-refractivity contribution is -0.383. The van der Waals surface area contributed by atoms with E-state index in [9.17, 15) is 18.5 Å². The number of anilines is 3. The standard InChI is InChI=1S/C16H13N5O4S3/c22-21(23)14-4-2-1-3-13(14)19-15(26)18-11-5-7-12(8-6-11)28(24,25)20-16-17-9-10-27-16/h1-10H,(H,17,20)(H2,18,19,26). The summed E-state index contributed by atoms with van der Waals surface area (Å²) in [5.41, 5.74) is 0.655. The number of para-hydroxylation sites is 2. The number of nitrogens with one attached hydrogen (secondary N) is 3. The molecule has 28 heavy (non-hydrogen) atoms. The molecule has 3 aromatic rings. The molecular formula is C16H13N5O4S3. The van der Waals surface area contributed by atoms with Crippen molar-refractivity contribution in [1.82, 2.24) is 4.98 Å². The third-order valence-corrected chi connectivity index (χ3v) is 5.80. The second-order valence-electron chi connectivity index (χ2n) is 5.32. The third kappa shape index (κ3) is 4.79. The van der Waals surface area contributed by atoms with Crippen molar-refractivity contribution in [3.63, 3.8) is 0 Å². The van der Waals surface area contributed by atoms with Gasteiger partial charge >= 0.3 is 0 Å². The maximum atomic E-state index is 12.3. The maximum Gasteiger partial charge on any atom is 0.292 e. The molecule has 0 aliphatic heterocycles. The molecule has 0 amide bonds. The topological polar surface area (TPSA) is 126 Å². The Morgan fingerprint density at radius 1 is 1.11 bits per heavy atom. The van der Waals surface area contributed by atoms with Crippen LogP contribution in [0.1, 0.15) is 0 Å². The molecule has 0 bridgehead atoms. The van der Waals surface area contributed by atoms with Crippen LogP contribution in [-0.2, 0) is 10.0 Å². The molecule has 0 aliphatic rings. The minimum atomic E-state index is -3.75. The van der Waals surface area contributed by atoms with E-state index in [2.05, 4.69) is 20.3 Å². The van der Waals surface area contributed by atoms with Gasteiger partial charge in [-0.25, -0.2) is 13.4 Å². The van der Waals surface area contributed by atoms with E-state index >= 15 is 0 Å². The first-order valence-corrected chi connectivity index (χ1v) is 10.5. The molecule has 144 valence electrons. The Labute approximate surface area is 169 Å². The zero-order valence-corrected chi connectivity index (χ0v) is 16.5. The molecule has 0 spiro atoms. The van der Waals surface area contributed by atoms with Crippen molar-refractivity contribution in [2.75, 3.05) is 15.4 Å². The van der Waals surface area contributed by atoms with E-state index in [1.807, 2.05) is 0 Å². The predicted octanol–water partition coefficient (Wildman–Crippen LogP) is 3.66. The largest absolute Gasteiger partial charge is 0.332 e. The average molecular weight is 436 g/mol. The van der Waals surface area contributed by atoms with Gasteiger partial charge in [-0.05, 0) is 42.5 Å². The number of thiocarbonyl (C=S) groups is 1. The van der Waals surface area contributed by atoms with Crippen LogP contribution in [0.4, 0.5) is 22.2 Å². The van der Waals surface area contributed by atoms with Crippen LogP contribution < -0.4 is 15.4 Å². The number of hydrogen-bond donors (Lipinski definition) is 3. The minimum Gasteiger partial charge on any atom is -0.332 e. The van der Waals surface area contributed by atoms with Crippen LogP contribution in [0.3, 0.4) is 0 Å². The number of nitro groups is 1. The first-order valence-electron chi connectivity index (χ1n) is 7.69. The first kappa shape index (κ1) is 19.7. The lowest BCUT2D eigenvalue weighted by atomic mass is 10.3. The van der Waals surface area contributed by atoms with Gasteiger partial charge in [0.2, 0.25) is 0 Å². The average Bonchev–Trinajstić information content (AvgIpc) is 3.14. The molecule has 0 unspecified atom stereocenters. The quantitative estimate of drug-likeness (QED) is 0.304. The summed E-state index contributed by atoms with van der Waals surface area (Å²) in [7, 11) is -3.75. The molecule has 0 aliphatic carbocycles. The number of sulfonamides is 1. The summed E-state index contributed by atoms with van der Waals surface area (Å²) in [6, 6.07) is 12.0. The summed E-state index contributed by atoms with van der Waals surface area (Å²) in [5, 5.41) is 18.7. The Kier molecular flexibility index (Phi) is 5.82. The van der Waals surface area contributed by atoms with Crippen LogP contribution in [0.25, 0.3) is 0 Å². The summed E-state index contributed by atoms with van der Waals surface area (Å²) < 4.78 is 27.0. The first-order chi connectivity index (χ1) is 13.3. The van der Waals surface area contributed by atoms with E-state index in [1.165, 1.54) is 53.9 Å². The van der Waals surface area contributed by atoms with E-state index in [-0.39, 0.29) is 26.5 Å². The van der Waals surface area contributed by atoms with Gasteiger partial charge in [-0.15, -0.1) is 11.3 Å². The molecule has 0 saturated carbocycles. The highest BCUT2D eigenvalue weighted by Crippen LogP contribution is 2.24. The number of nitro benzene ring substituents is 1. The van der Waals surface area contributed by atoms with Gasteiger partial charge in [0.05, 0.1) is 9.82 Å². The van der Waals surface area contributed by atoms with Crippen molar-refractivity contribution in [3.05, 3.63) is 70.2 Å². The van der Waals surface area contributed by atoms with Crippen LogP contribution in [0.2, 0.25) is 0 Å². The van der Waals surface area contributed by atoms with E-state index in [1.54, 1.807) is 17.5 Å². The molecule has 0 fully saturated rings. The SMILES string of the molecule is O=[N+]([O-])c1ccccc1NC(=S)Nc1ccc(S(=O)(=O)Nc2nccs2)cc1. The van der Waals surface area contributed by atoms with Crippen LogP contribution in [-0.4, -0.2) is 23.4 Å². The Morgan fingerprint density at radius 2 is 1.82 bits per heavy atom. The fourth-order valence-corrected chi connectivity index (χ4v) is 4.20. The molecule has 0 saturated heterocycles. The van der Waals surface area contributed by atoms with Crippen molar-refractivity contribution < 1.29 is 13.3 Å². The third-order valence-electron chi connectivity index (χ3n) is 3.43. The molecule has 2 aromatic carbocycles.